The van der Waals surface area contributed by atoms with Crippen LogP contribution in [0.25, 0.3) is 0 Å². The van der Waals surface area contributed by atoms with Crippen molar-refractivity contribution < 1.29 is 29.3 Å². The number of piperazine rings is 1. The van der Waals surface area contributed by atoms with Crippen molar-refractivity contribution in [3.8, 4) is 0 Å². The number of likely N-dealkylation sites (tertiary alicyclic amines) is 1. The van der Waals surface area contributed by atoms with Gasteiger partial charge >= 0.3 is 0 Å². The van der Waals surface area contributed by atoms with E-state index in [0.717, 1.165) is 45.8 Å². The minimum absolute atomic E-state index is 0.250. The van der Waals surface area contributed by atoms with Gasteiger partial charge in [0.25, 0.3) is 12.9 Å². The van der Waals surface area contributed by atoms with Crippen molar-refractivity contribution in [2.75, 3.05) is 45.8 Å². The SMILES string of the molecule is CCN1CCN(Cc2cc(C)cc(CN3C[C@@H](O)[C@H](F)C3)c2C)CC1.O=CO.O=CO. The number of carboxylic acid groups (broad SMARTS) is 2. The van der Waals surface area contributed by atoms with Gasteiger partial charge in [-0.1, -0.05) is 24.6 Å². The van der Waals surface area contributed by atoms with E-state index in [9.17, 15) is 9.50 Å². The van der Waals surface area contributed by atoms with Crippen LogP contribution < -0.4 is 0 Å². The molecule has 2 fully saturated rings. The van der Waals surface area contributed by atoms with Crippen LogP contribution in [0, 0.1) is 13.8 Å². The predicted octanol–water partition coefficient (Wildman–Crippen LogP) is 1.36. The summed E-state index contributed by atoms with van der Waals surface area (Å²) in [5, 5.41) is 23.4. The summed E-state index contributed by atoms with van der Waals surface area (Å²) < 4.78 is 13.6. The highest BCUT2D eigenvalue weighted by Crippen LogP contribution is 2.23. The predicted molar refractivity (Wildman–Crippen MR) is 117 cm³/mol. The first-order valence-electron chi connectivity index (χ1n) is 10.5. The lowest BCUT2D eigenvalue weighted by Gasteiger charge is -2.34. The van der Waals surface area contributed by atoms with Crippen molar-refractivity contribution in [3.63, 3.8) is 0 Å². The molecule has 3 N–H and O–H groups in total. The molecule has 1 aromatic rings. The van der Waals surface area contributed by atoms with E-state index in [-0.39, 0.29) is 12.9 Å². The molecular weight excluding hydrogens is 405 g/mol. The Kier molecular flexibility index (Phi) is 12.2. The molecule has 0 spiro atoms. The van der Waals surface area contributed by atoms with E-state index in [2.05, 4.69) is 42.7 Å². The van der Waals surface area contributed by atoms with Gasteiger partial charge in [0, 0.05) is 52.4 Å². The molecule has 0 radical (unpaired) electrons. The van der Waals surface area contributed by atoms with E-state index >= 15 is 0 Å². The van der Waals surface area contributed by atoms with E-state index in [0.29, 0.717) is 13.1 Å². The number of likely N-dealkylation sites (N-methyl/N-ethyl adjacent to an activating group) is 1. The number of alkyl halides is 1. The van der Waals surface area contributed by atoms with Crippen LogP contribution in [-0.4, -0.2) is 101 Å². The summed E-state index contributed by atoms with van der Waals surface area (Å²) in [4.78, 5) is 23.8. The summed E-state index contributed by atoms with van der Waals surface area (Å²) in [5.41, 5.74) is 5.24. The molecule has 0 unspecified atom stereocenters. The third-order valence-electron chi connectivity index (χ3n) is 5.76. The molecule has 2 aliphatic heterocycles. The van der Waals surface area contributed by atoms with Crippen LogP contribution in [-0.2, 0) is 22.7 Å². The van der Waals surface area contributed by atoms with Gasteiger partial charge in [0.15, 0.2) is 0 Å². The maximum Gasteiger partial charge on any atom is 0.290 e. The Labute approximate surface area is 183 Å². The fourth-order valence-electron chi connectivity index (χ4n) is 4.04. The first kappa shape index (κ1) is 27.0. The fraction of sp³-hybridized carbons (Fsp3) is 0.636. The molecule has 0 bridgehead atoms. The average Bonchev–Trinajstić information content (AvgIpc) is 3.04. The van der Waals surface area contributed by atoms with Crippen LogP contribution in [0.5, 0.6) is 0 Å². The van der Waals surface area contributed by atoms with Gasteiger partial charge in [0.05, 0.1) is 6.10 Å². The summed E-state index contributed by atoms with van der Waals surface area (Å²) in [6.07, 6.45) is -1.95. The number of hydrogen-bond donors (Lipinski definition) is 3. The molecule has 0 aromatic heterocycles. The number of hydrogen-bond acceptors (Lipinski definition) is 6. The number of rotatable bonds is 5. The molecule has 0 aliphatic carbocycles. The van der Waals surface area contributed by atoms with E-state index in [4.69, 9.17) is 19.8 Å². The van der Waals surface area contributed by atoms with Crippen LogP contribution >= 0.6 is 0 Å². The summed E-state index contributed by atoms with van der Waals surface area (Å²) in [6, 6.07) is 4.51. The maximum absolute atomic E-state index is 13.6. The molecule has 1 aromatic carbocycles. The number of aryl methyl sites for hydroxylation is 1. The number of benzene rings is 1. The molecule has 0 amide bonds. The fourth-order valence-corrected chi connectivity index (χ4v) is 4.04. The second-order valence-corrected chi connectivity index (χ2v) is 7.91. The van der Waals surface area contributed by atoms with Crippen molar-refractivity contribution in [2.45, 2.75) is 46.1 Å². The Morgan fingerprint density at radius 2 is 1.39 bits per heavy atom. The number of aliphatic hydroxyl groups excluding tert-OH is 1. The minimum atomic E-state index is -1.11. The Morgan fingerprint density at radius 3 is 1.81 bits per heavy atom. The lowest BCUT2D eigenvalue weighted by Crippen LogP contribution is -2.45. The zero-order chi connectivity index (χ0) is 23.4. The molecular formula is C22H36FN3O5. The first-order valence-corrected chi connectivity index (χ1v) is 10.5. The highest BCUT2D eigenvalue weighted by molar-refractivity contribution is 5.38. The van der Waals surface area contributed by atoms with Gasteiger partial charge in [-0.3, -0.25) is 19.4 Å². The second-order valence-electron chi connectivity index (χ2n) is 7.91. The molecule has 31 heavy (non-hydrogen) atoms. The molecule has 2 aliphatic rings. The number of nitrogens with zero attached hydrogens (tertiary/aromatic N) is 3. The van der Waals surface area contributed by atoms with Crippen LogP contribution in [0.2, 0.25) is 0 Å². The molecule has 9 heteroatoms. The van der Waals surface area contributed by atoms with Gasteiger partial charge in [-0.2, -0.15) is 0 Å². The first-order chi connectivity index (χ1) is 14.8. The van der Waals surface area contributed by atoms with Gasteiger partial charge in [-0.05, 0) is 37.1 Å². The molecule has 2 atom stereocenters. The van der Waals surface area contributed by atoms with Crippen molar-refractivity contribution in [1.29, 1.82) is 0 Å². The molecule has 8 nitrogen and oxygen atoms in total. The summed E-state index contributed by atoms with van der Waals surface area (Å²) >= 11 is 0. The highest BCUT2D eigenvalue weighted by atomic mass is 19.1. The minimum Gasteiger partial charge on any atom is -0.483 e. The van der Waals surface area contributed by atoms with Crippen molar-refractivity contribution in [3.05, 3.63) is 34.4 Å². The van der Waals surface area contributed by atoms with Crippen molar-refractivity contribution in [2.24, 2.45) is 0 Å². The number of aliphatic hydroxyl groups is 1. The third-order valence-corrected chi connectivity index (χ3v) is 5.76. The van der Waals surface area contributed by atoms with E-state index in [1.165, 1.54) is 22.3 Å². The van der Waals surface area contributed by atoms with Crippen LogP contribution in [0.15, 0.2) is 12.1 Å². The number of β-amino-alcohol motifs (C(OH)–C–C–N with tert-alkyl or cyclic N) is 1. The standard InChI is InChI=1S/C20H32FN3O.2CH2O2/c1-4-22-5-7-23(8-6-22)11-17-9-15(2)10-18(16(17)3)12-24-13-19(21)20(25)14-24;2*2-1-3/h9-10,19-20,25H,4-8,11-14H2,1-3H3;2*1H,(H,2,3)/t19-,20-;;/m1../s1. The lowest BCUT2D eigenvalue weighted by atomic mass is 9.98. The Morgan fingerprint density at radius 1 is 0.935 bits per heavy atom. The maximum atomic E-state index is 13.6. The number of halogens is 1. The summed E-state index contributed by atoms with van der Waals surface area (Å²) in [6.45, 7) is 14.2. The van der Waals surface area contributed by atoms with E-state index < -0.39 is 12.3 Å². The highest BCUT2D eigenvalue weighted by Gasteiger charge is 2.31. The van der Waals surface area contributed by atoms with Crippen LogP contribution in [0.4, 0.5) is 4.39 Å². The van der Waals surface area contributed by atoms with Gasteiger partial charge < -0.3 is 20.2 Å². The molecule has 0 saturated carbocycles. The Hall–Kier alpha value is -2.07. The number of carbonyl (C=O) groups is 2. The monoisotopic (exact) mass is 441 g/mol. The van der Waals surface area contributed by atoms with Gasteiger partial charge in [-0.25, -0.2) is 4.39 Å². The zero-order valence-corrected chi connectivity index (χ0v) is 18.7. The quantitative estimate of drug-likeness (QED) is 0.589. The molecule has 3 rings (SSSR count). The topological polar surface area (TPSA) is 105 Å². The van der Waals surface area contributed by atoms with E-state index in [1.807, 2.05) is 4.90 Å². The van der Waals surface area contributed by atoms with Crippen LogP contribution in [0.3, 0.4) is 0 Å². The normalized spacial score (nSPS) is 22.1. The zero-order valence-electron chi connectivity index (χ0n) is 18.7. The van der Waals surface area contributed by atoms with Crippen molar-refractivity contribution >= 4 is 12.9 Å². The smallest absolute Gasteiger partial charge is 0.290 e. The summed E-state index contributed by atoms with van der Waals surface area (Å²) in [7, 11) is 0. The largest absolute Gasteiger partial charge is 0.483 e. The van der Waals surface area contributed by atoms with Crippen LogP contribution in [0.1, 0.15) is 29.2 Å². The molecule has 2 saturated heterocycles. The average molecular weight is 442 g/mol. The molecule has 176 valence electrons. The van der Waals surface area contributed by atoms with Crippen molar-refractivity contribution in [1.82, 2.24) is 14.7 Å². The Bertz CT molecular complexity index is 667. The second kappa shape index (κ2) is 14.1. The lowest BCUT2D eigenvalue weighted by molar-refractivity contribution is -0.123. The Balaban J connectivity index is 0.000000720. The van der Waals surface area contributed by atoms with E-state index in [1.54, 1.807) is 0 Å². The molecule has 2 heterocycles. The van der Waals surface area contributed by atoms with Gasteiger partial charge in [0.2, 0.25) is 0 Å². The summed E-state index contributed by atoms with van der Waals surface area (Å²) in [5.74, 6) is 0. The van der Waals surface area contributed by atoms with Gasteiger partial charge in [0.1, 0.15) is 6.17 Å². The van der Waals surface area contributed by atoms with Gasteiger partial charge in [-0.15, -0.1) is 0 Å². The third kappa shape index (κ3) is 8.90.